The van der Waals surface area contributed by atoms with Crippen LogP contribution in [0.3, 0.4) is 0 Å². The molecule has 0 saturated carbocycles. The number of aryl methyl sites for hydroxylation is 1. The van der Waals surface area contributed by atoms with Crippen LogP contribution in [0.4, 0.5) is 5.69 Å². The summed E-state index contributed by atoms with van der Waals surface area (Å²) in [5.41, 5.74) is 1.98. The van der Waals surface area contributed by atoms with Crippen molar-refractivity contribution in [3.05, 3.63) is 59.1 Å². The number of carbonyl (C=O) groups excluding carboxylic acids is 1. The zero-order valence-corrected chi connectivity index (χ0v) is 15.4. The van der Waals surface area contributed by atoms with Gasteiger partial charge in [0.25, 0.3) is 0 Å². The van der Waals surface area contributed by atoms with E-state index in [2.05, 4.69) is 0 Å². The molecule has 0 fully saturated rings. The van der Waals surface area contributed by atoms with E-state index in [1.807, 2.05) is 24.3 Å². The number of anilines is 1. The largest absolute Gasteiger partial charge is 0.311 e. The van der Waals surface area contributed by atoms with Crippen LogP contribution in [0.5, 0.6) is 0 Å². The fourth-order valence-corrected chi connectivity index (χ4v) is 4.38. The van der Waals surface area contributed by atoms with Gasteiger partial charge in [-0.15, -0.1) is 0 Å². The Morgan fingerprint density at radius 2 is 1.96 bits per heavy atom. The number of hydrogen-bond acceptors (Lipinski definition) is 3. The lowest BCUT2D eigenvalue weighted by atomic mass is 10.0. The second kappa shape index (κ2) is 7.15. The third-order valence-electron chi connectivity index (χ3n) is 4.27. The number of amides is 1. The van der Waals surface area contributed by atoms with E-state index >= 15 is 0 Å². The van der Waals surface area contributed by atoms with Gasteiger partial charge in [0.1, 0.15) is 0 Å². The quantitative estimate of drug-likeness (QED) is 0.821. The van der Waals surface area contributed by atoms with Gasteiger partial charge in [-0.1, -0.05) is 35.9 Å². The minimum Gasteiger partial charge on any atom is -0.311 e. The summed E-state index contributed by atoms with van der Waals surface area (Å²) in [6.45, 7) is 0.379. The number of fused-ring (bicyclic) bond motifs is 1. The Hall–Kier alpha value is -1.89. The highest BCUT2D eigenvalue weighted by atomic mass is 35.5. The lowest BCUT2D eigenvalue weighted by Gasteiger charge is -2.30. The van der Waals surface area contributed by atoms with Crippen LogP contribution in [-0.4, -0.2) is 38.8 Å². The Morgan fingerprint density at radius 3 is 2.72 bits per heavy atom. The van der Waals surface area contributed by atoms with E-state index in [1.165, 1.54) is 19.2 Å². The number of hydrogen-bond donors (Lipinski definition) is 0. The maximum Gasteiger partial charge on any atom is 0.243 e. The van der Waals surface area contributed by atoms with Gasteiger partial charge in [0.15, 0.2) is 0 Å². The van der Waals surface area contributed by atoms with Crippen LogP contribution in [0.25, 0.3) is 0 Å². The van der Waals surface area contributed by atoms with E-state index in [0.29, 0.717) is 11.6 Å². The molecule has 0 bridgehead atoms. The number of carbonyl (C=O) groups is 1. The number of benzene rings is 2. The molecular weight excluding hydrogens is 360 g/mol. The van der Waals surface area contributed by atoms with Crippen LogP contribution in [0, 0.1) is 0 Å². The Kier molecular flexibility index (Phi) is 5.13. The summed E-state index contributed by atoms with van der Waals surface area (Å²) in [5.74, 6) is -0.236. The van der Waals surface area contributed by atoms with Gasteiger partial charge in [-0.3, -0.25) is 4.79 Å². The lowest BCUT2D eigenvalue weighted by Crippen LogP contribution is -2.43. The van der Waals surface area contributed by atoms with Crippen molar-refractivity contribution in [3.8, 4) is 0 Å². The number of nitrogens with zero attached hydrogens (tertiary/aromatic N) is 2. The third kappa shape index (κ3) is 3.71. The lowest BCUT2D eigenvalue weighted by molar-refractivity contribution is -0.118. The molecule has 0 saturated heterocycles. The number of sulfonamides is 1. The second-order valence-electron chi connectivity index (χ2n) is 6.00. The molecule has 0 N–H and O–H groups in total. The van der Waals surface area contributed by atoms with E-state index in [9.17, 15) is 13.2 Å². The monoisotopic (exact) mass is 378 g/mol. The van der Waals surface area contributed by atoms with E-state index in [-0.39, 0.29) is 17.3 Å². The summed E-state index contributed by atoms with van der Waals surface area (Å²) >= 11 is 5.88. The molecule has 25 heavy (non-hydrogen) atoms. The van der Waals surface area contributed by atoms with Gasteiger partial charge in [-0.05, 0) is 42.7 Å². The minimum absolute atomic E-state index is 0.0781. The SMILES string of the molecule is CN(CC(=O)N1CCCc2ccccc21)S(=O)(=O)c1cccc(Cl)c1. The molecule has 0 aliphatic carbocycles. The maximum atomic E-state index is 12.7. The molecule has 1 amide bonds. The fraction of sp³-hybridized carbons (Fsp3) is 0.278. The van der Waals surface area contributed by atoms with Crippen molar-refractivity contribution >= 4 is 33.2 Å². The first-order chi connectivity index (χ1) is 11.9. The van der Waals surface area contributed by atoms with Crippen LogP contribution in [-0.2, 0) is 21.2 Å². The van der Waals surface area contributed by atoms with Gasteiger partial charge in [0.05, 0.1) is 11.4 Å². The normalized spacial score (nSPS) is 14.4. The summed E-state index contributed by atoms with van der Waals surface area (Å²) in [5, 5.41) is 0.339. The van der Waals surface area contributed by atoms with Crippen molar-refractivity contribution in [2.75, 3.05) is 25.0 Å². The molecule has 0 aromatic heterocycles. The summed E-state index contributed by atoms with van der Waals surface area (Å²) in [6.07, 6.45) is 1.80. The average Bonchev–Trinajstić information content (AvgIpc) is 2.61. The van der Waals surface area contributed by atoms with Crippen LogP contribution in [0.1, 0.15) is 12.0 Å². The molecule has 0 spiro atoms. The molecule has 1 aliphatic heterocycles. The van der Waals surface area contributed by atoms with Crippen molar-refractivity contribution in [2.24, 2.45) is 0 Å². The highest BCUT2D eigenvalue weighted by Crippen LogP contribution is 2.27. The van der Waals surface area contributed by atoms with Crippen molar-refractivity contribution in [3.63, 3.8) is 0 Å². The third-order valence-corrected chi connectivity index (χ3v) is 6.31. The molecule has 2 aromatic carbocycles. The molecule has 132 valence electrons. The zero-order valence-electron chi connectivity index (χ0n) is 13.9. The van der Waals surface area contributed by atoms with E-state index < -0.39 is 10.0 Å². The molecular formula is C18H19ClN2O3S. The van der Waals surface area contributed by atoms with Crippen molar-refractivity contribution < 1.29 is 13.2 Å². The predicted molar refractivity (Wildman–Crippen MR) is 98.4 cm³/mol. The van der Waals surface area contributed by atoms with Crippen LogP contribution in [0.2, 0.25) is 5.02 Å². The topological polar surface area (TPSA) is 57.7 Å². The molecule has 7 heteroatoms. The van der Waals surface area contributed by atoms with Crippen LogP contribution >= 0.6 is 11.6 Å². The zero-order chi connectivity index (χ0) is 18.0. The van der Waals surface area contributed by atoms with Gasteiger partial charge in [-0.2, -0.15) is 4.31 Å². The number of likely N-dealkylation sites (N-methyl/N-ethyl adjacent to an activating group) is 1. The van der Waals surface area contributed by atoms with Gasteiger partial charge in [0, 0.05) is 24.3 Å². The van der Waals surface area contributed by atoms with Crippen molar-refractivity contribution in [1.29, 1.82) is 0 Å². The Labute approximate surface area is 152 Å². The Balaban J connectivity index is 1.79. The Morgan fingerprint density at radius 1 is 1.20 bits per heavy atom. The van der Waals surface area contributed by atoms with Crippen molar-refractivity contribution in [2.45, 2.75) is 17.7 Å². The maximum absolute atomic E-state index is 12.7. The van der Waals surface area contributed by atoms with E-state index in [1.54, 1.807) is 17.0 Å². The predicted octanol–water partition coefficient (Wildman–Crippen LogP) is 2.94. The molecule has 0 unspecified atom stereocenters. The fourth-order valence-electron chi connectivity index (χ4n) is 2.96. The molecule has 5 nitrogen and oxygen atoms in total. The van der Waals surface area contributed by atoms with Gasteiger partial charge < -0.3 is 4.90 Å². The first-order valence-electron chi connectivity index (χ1n) is 8.00. The molecule has 1 aliphatic rings. The molecule has 3 rings (SSSR count). The smallest absolute Gasteiger partial charge is 0.243 e. The highest BCUT2D eigenvalue weighted by molar-refractivity contribution is 7.89. The molecule has 1 heterocycles. The van der Waals surface area contributed by atoms with E-state index in [4.69, 9.17) is 11.6 Å². The first kappa shape index (κ1) is 17.9. The first-order valence-corrected chi connectivity index (χ1v) is 9.81. The summed E-state index contributed by atoms with van der Waals surface area (Å²) in [7, 11) is -2.36. The van der Waals surface area contributed by atoms with Crippen LogP contribution < -0.4 is 4.90 Å². The van der Waals surface area contributed by atoms with Gasteiger partial charge >= 0.3 is 0 Å². The van der Waals surface area contributed by atoms with Crippen LogP contribution in [0.15, 0.2) is 53.4 Å². The van der Waals surface area contributed by atoms with Gasteiger partial charge in [0.2, 0.25) is 15.9 Å². The number of rotatable bonds is 4. The average molecular weight is 379 g/mol. The molecule has 0 radical (unpaired) electrons. The number of halogens is 1. The number of para-hydroxylation sites is 1. The van der Waals surface area contributed by atoms with Crippen molar-refractivity contribution in [1.82, 2.24) is 4.31 Å². The van der Waals surface area contributed by atoms with Gasteiger partial charge in [-0.25, -0.2) is 8.42 Å². The summed E-state index contributed by atoms with van der Waals surface area (Å²) in [4.78, 5) is 14.5. The molecule has 0 atom stereocenters. The molecule has 2 aromatic rings. The Bertz CT molecular complexity index is 899. The minimum atomic E-state index is -3.77. The summed E-state index contributed by atoms with van der Waals surface area (Å²) in [6, 6.07) is 13.8. The standard InChI is InChI=1S/C18H19ClN2O3S/c1-20(25(23,24)16-9-4-8-15(19)12-16)13-18(22)21-11-5-7-14-6-2-3-10-17(14)21/h2-4,6,8-10,12H,5,7,11,13H2,1H3. The highest BCUT2D eigenvalue weighted by Gasteiger charge is 2.28. The van der Waals surface area contributed by atoms with E-state index in [0.717, 1.165) is 28.4 Å². The second-order valence-corrected chi connectivity index (χ2v) is 8.48. The summed E-state index contributed by atoms with van der Waals surface area (Å²) < 4.78 is 26.4.